The van der Waals surface area contributed by atoms with Gasteiger partial charge in [-0.05, 0) is 68.0 Å². The van der Waals surface area contributed by atoms with E-state index >= 15 is 0 Å². The average molecular weight is 397 g/mol. The molecule has 1 atom stereocenters. The van der Waals surface area contributed by atoms with Crippen LogP contribution in [0.3, 0.4) is 0 Å². The lowest BCUT2D eigenvalue weighted by Gasteiger charge is -2.33. The Morgan fingerprint density at radius 2 is 1.93 bits per heavy atom. The molecule has 2 aromatic carbocycles. The molecule has 3 rings (SSSR count). The lowest BCUT2D eigenvalue weighted by Crippen LogP contribution is -2.41. The van der Waals surface area contributed by atoms with Gasteiger partial charge in [-0.25, -0.2) is 0 Å². The molecule has 29 heavy (non-hydrogen) atoms. The van der Waals surface area contributed by atoms with Crippen LogP contribution in [0.5, 0.6) is 11.5 Å². The van der Waals surface area contributed by atoms with Crippen LogP contribution in [0.1, 0.15) is 29.5 Å². The number of hydrogen-bond acceptors (Lipinski definition) is 4. The van der Waals surface area contributed by atoms with Crippen LogP contribution in [0.15, 0.2) is 42.5 Å². The number of amides is 1. The number of ether oxygens (including phenoxy) is 2. The van der Waals surface area contributed by atoms with E-state index in [2.05, 4.69) is 42.3 Å². The second-order valence-electron chi connectivity index (χ2n) is 7.91. The van der Waals surface area contributed by atoms with Crippen LogP contribution in [-0.4, -0.2) is 44.2 Å². The van der Waals surface area contributed by atoms with E-state index in [9.17, 15) is 4.79 Å². The van der Waals surface area contributed by atoms with E-state index in [1.54, 1.807) is 13.2 Å². The molecule has 0 spiro atoms. The molecule has 1 amide bonds. The highest BCUT2D eigenvalue weighted by atomic mass is 16.5. The van der Waals surface area contributed by atoms with Crippen molar-refractivity contribution in [1.82, 2.24) is 10.2 Å². The maximum atomic E-state index is 12.2. The fourth-order valence-electron chi connectivity index (χ4n) is 3.81. The van der Waals surface area contributed by atoms with Gasteiger partial charge in [0.1, 0.15) is 0 Å². The minimum Gasteiger partial charge on any atom is -0.493 e. The summed E-state index contributed by atoms with van der Waals surface area (Å²) in [5.41, 5.74) is 4.05. The van der Waals surface area contributed by atoms with E-state index in [0.29, 0.717) is 24.0 Å². The number of para-hydroxylation sites is 2. The predicted octanol–water partition coefficient (Wildman–Crippen LogP) is 3.72. The van der Waals surface area contributed by atoms with Crippen LogP contribution in [-0.2, 0) is 11.3 Å². The van der Waals surface area contributed by atoms with Gasteiger partial charge < -0.3 is 14.8 Å². The zero-order valence-electron chi connectivity index (χ0n) is 17.7. The molecule has 0 unspecified atom stereocenters. The first-order valence-corrected chi connectivity index (χ1v) is 10.4. The Balaban J connectivity index is 1.43. The van der Waals surface area contributed by atoms with Crippen molar-refractivity contribution in [3.63, 3.8) is 0 Å². The van der Waals surface area contributed by atoms with Crippen LogP contribution >= 0.6 is 0 Å². The fourth-order valence-corrected chi connectivity index (χ4v) is 3.81. The van der Waals surface area contributed by atoms with Crippen molar-refractivity contribution in [3.05, 3.63) is 59.2 Å². The fraction of sp³-hybridized carbons (Fsp3) is 0.458. The van der Waals surface area contributed by atoms with E-state index in [1.165, 1.54) is 23.1 Å². The molecule has 156 valence electrons. The highest BCUT2D eigenvalue weighted by Crippen LogP contribution is 2.25. The van der Waals surface area contributed by atoms with Crippen molar-refractivity contribution in [2.45, 2.75) is 33.2 Å². The number of hydrogen-bond donors (Lipinski definition) is 1. The molecule has 1 aliphatic heterocycles. The first-order chi connectivity index (χ1) is 14.0. The normalized spacial score (nSPS) is 17.0. The molecule has 0 aliphatic carbocycles. The van der Waals surface area contributed by atoms with Crippen LogP contribution < -0.4 is 14.8 Å². The van der Waals surface area contributed by atoms with E-state index in [4.69, 9.17) is 9.47 Å². The molecule has 5 nitrogen and oxygen atoms in total. The number of aryl methyl sites for hydroxylation is 2. The molecular weight excluding hydrogens is 364 g/mol. The Hall–Kier alpha value is -2.53. The minimum atomic E-state index is -0.0952. The summed E-state index contributed by atoms with van der Waals surface area (Å²) < 4.78 is 10.8. The number of rotatable bonds is 8. The second kappa shape index (κ2) is 10.3. The van der Waals surface area contributed by atoms with E-state index in [-0.39, 0.29) is 12.5 Å². The van der Waals surface area contributed by atoms with Gasteiger partial charge in [-0.1, -0.05) is 30.3 Å². The summed E-state index contributed by atoms with van der Waals surface area (Å²) in [5, 5.41) is 3.03. The molecule has 1 N–H and O–H groups in total. The number of nitrogens with one attached hydrogen (secondary N) is 1. The molecule has 1 aliphatic rings. The molecule has 0 radical (unpaired) electrons. The van der Waals surface area contributed by atoms with Crippen LogP contribution in [0.4, 0.5) is 0 Å². The molecular formula is C24H32N2O3. The van der Waals surface area contributed by atoms with Crippen molar-refractivity contribution in [3.8, 4) is 11.5 Å². The van der Waals surface area contributed by atoms with Gasteiger partial charge in [0.2, 0.25) is 0 Å². The summed E-state index contributed by atoms with van der Waals surface area (Å²) in [5.74, 6) is 1.60. The summed E-state index contributed by atoms with van der Waals surface area (Å²) in [7, 11) is 1.59. The quantitative estimate of drug-likeness (QED) is 0.739. The molecule has 1 heterocycles. The van der Waals surface area contributed by atoms with Gasteiger partial charge in [-0.2, -0.15) is 0 Å². The minimum absolute atomic E-state index is 0.000545. The molecule has 0 bridgehead atoms. The molecule has 2 aromatic rings. The molecule has 1 fully saturated rings. The third-order valence-corrected chi connectivity index (χ3v) is 5.60. The number of methoxy groups -OCH3 is 1. The van der Waals surface area contributed by atoms with Crippen LogP contribution in [0.2, 0.25) is 0 Å². The lowest BCUT2D eigenvalue weighted by atomic mass is 9.97. The first kappa shape index (κ1) is 21.2. The molecule has 5 heteroatoms. The molecule has 0 saturated carbocycles. The van der Waals surface area contributed by atoms with Crippen LogP contribution in [0, 0.1) is 19.8 Å². The number of carbonyl (C=O) groups excluding carboxylic acids is 1. The molecule has 0 aromatic heterocycles. The van der Waals surface area contributed by atoms with E-state index in [1.807, 2.05) is 18.2 Å². The molecule has 1 saturated heterocycles. The smallest absolute Gasteiger partial charge is 0.257 e. The Bertz CT molecular complexity index is 822. The van der Waals surface area contributed by atoms with Crippen molar-refractivity contribution in [2.75, 3.05) is 33.4 Å². The second-order valence-corrected chi connectivity index (χ2v) is 7.91. The SMILES string of the molecule is COc1ccccc1OCC(=O)NC[C@H]1CCCN(Cc2ccc(C)c(C)c2)C1. The number of benzene rings is 2. The van der Waals surface area contributed by atoms with Gasteiger partial charge >= 0.3 is 0 Å². The maximum Gasteiger partial charge on any atom is 0.257 e. The summed E-state index contributed by atoms with van der Waals surface area (Å²) in [4.78, 5) is 14.7. The van der Waals surface area contributed by atoms with Gasteiger partial charge in [-0.3, -0.25) is 9.69 Å². The Morgan fingerprint density at radius 3 is 2.69 bits per heavy atom. The Morgan fingerprint density at radius 1 is 1.14 bits per heavy atom. The Kier molecular flexibility index (Phi) is 7.53. The van der Waals surface area contributed by atoms with Gasteiger partial charge in [-0.15, -0.1) is 0 Å². The first-order valence-electron chi connectivity index (χ1n) is 10.4. The summed E-state index contributed by atoms with van der Waals surface area (Å²) in [6.45, 7) is 8.12. The topological polar surface area (TPSA) is 50.8 Å². The largest absolute Gasteiger partial charge is 0.493 e. The monoisotopic (exact) mass is 396 g/mol. The highest BCUT2D eigenvalue weighted by molar-refractivity contribution is 5.77. The van der Waals surface area contributed by atoms with Crippen molar-refractivity contribution >= 4 is 5.91 Å². The van der Waals surface area contributed by atoms with E-state index < -0.39 is 0 Å². The zero-order chi connectivity index (χ0) is 20.6. The van der Waals surface area contributed by atoms with Crippen molar-refractivity contribution in [1.29, 1.82) is 0 Å². The van der Waals surface area contributed by atoms with Crippen molar-refractivity contribution < 1.29 is 14.3 Å². The number of carbonyl (C=O) groups is 1. The van der Waals surface area contributed by atoms with Crippen LogP contribution in [0.25, 0.3) is 0 Å². The summed E-state index contributed by atoms with van der Waals surface area (Å²) in [6, 6.07) is 14.1. The maximum absolute atomic E-state index is 12.2. The van der Waals surface area contributed by atoms with E-state index in [0.717, 1.165) is 26.1 Å². The average Bonchev–Trinajstić information content (AvgIpc) is 2.74. The number of likely N-dealkylation sites (tertiary alicyclic amines) is 1. The predicted molar refractivity (Wildman–Crippen MR) is 115 cm³/mol. The van der Waals surface area contributed by atoms with Gasteiger partial charge in [0.05, 0.1) is 7.11 Å². The summed E-state index contributed by atoms with van der Waals surface area (Å²) >= 11 is 0. The lowest BCUT2D eigenvalue weighted by molar-refractivity contribution is -0.123. The standard InChI is InChI=1S/C24H32N2O3/c1-18-10-11-20(13-19(18)2)15-26-12-6-7-21(16-26)14-25-24(27)17-29-23-9-5-4-8-22(23)28-3/h4-5,8-11,13,21H,6-7,12,14-17H2,1-3H3,(H,25,27)/t21-/m1/s1. The zero-order valence-corrected chi connectivity index (χ0v) is 17.7. The van der Waals surface area contributed by atoms with Crippen molar-refractivity contribution in [2.24, 2.45) is 5.92 Å². The van der Waals surface area contributed by atoms with Gasteiger partial charge in [0.25, 0.3) is 5.91 Å². The third kappa shape index (κ3) is 6.23. The van der Waals surface area contributed by atoms with Gasteiger partial charge in [0.15, 0.2) is 18.1 Å². The third-order valence-electron chi connectivity index (χ3n) is 5.60. The summed E-state index contributed by atoms with van der Waals surface area (Å²) in [6.07, 6.45) is 2.32. The number of nitrogens with zero attached hydrogens (tertiary/aromatic N) is 1. The number of piperidine rings is 1. The highest BCUT2D eigenvalue weighted by Gasteiger charge is 2.20. The Labute approximate surface area is 174 Å². The van der Waals surface area contributed by atoms with Gasteiger partial charge in [0, 0.05) is 19.6 Å².